The maximum Gasteiger partial charge on any atom is 0.273 e. The number of hydrogen-bond donors (Lipinski definition) is 2. The van der Waals surface area contributed by atoms with Gasteiger partial charge in [-0.2, -0.15) is 4.98 Å². The van der Waals surface area contributed by atoms with Crippen molar-refractivity contribution in [3.63, 3.8) is 0 Å². The third-order valence-electron chi connectivity index (χ3n) is 5.26. The van der Waals surface area contributed by atoms with Crippen molar-refractivity contribution in [2.75, 3.05) is 30.4 Å². The van der Waals surface area contributed by atoms with Crippen LogP contribution in [0.15, 0.2) is 36.9 Å². The zero-order valence-electron chi connectivity index (χ0n) is 17.5. The largest absolute Gasteiger partial charge is 0.364 e. The van der Waals surface area contributed by atoms with E-state index in [2.05, 4.69) is 40.9 Å². The first-order valence-corrected chi connectivity index (χ1v) is 9.85. The minimum Gasteiger partial charge on any atom is -0.364 e. The molecular weight excluding hydrogens is 382 g/mol. The zero-order chi connectivity index (χ0) is 21.8. The van der Waals surface area contributed by atoms with Crippen LogP contribution in [0.3, 0.4) is 0 Å². The van der Waals surface area contributed by atoms with Gasteiger partial charge in [-0.05, 0) is 36.1 Å². The van der Waals surface area contributed by atoms with E-state index in [1.807, 2.05) is 36.2 Å². The fraction of sp³-hybridized carbons (Fsp3) is 0.381. The van der Waals surface area contributed by atoms with Crippen molar-refractivity contribution in [3.05, 3.63) is 48.2 Å². The van der Waals surface area contributed by atoms with E-state index >= 15 is 0 Å². The second-order valence-corrected chi connectivity index (χ2v) is 7.62. The Hall–Kier alpha value is -3.49. The van der Waals surface area contributed by atoms with Crippen molar-refractivity contribution in [3.8, 4) is 0 Å². The number of carbonyl (C=O) groups excluding carboxylic acids is 2. The van der Waals surface area contributed by atoms with E-state index in [0.29, 0.717) is 25.0 Å². The number of likely N-dealkylation sites (tertiary alicyclic amines) is 1. The Morgan fingerprint density at radius 2 is 2.00 bits per heavy atom. The van der Waals surface area contributed by atoms with Crippen LogP contribution < -0.4 is 16.0 Å². The van der Waals surface area contributed by atoms with Gasteiger partial charge in [-0.1, -0.05) is 32.6 Å². The molecule has 1 aliphatic heterocycles. The van der Waals surface area contributed by atoms with Gasteiger partial charge < -0.3 is 20.9 Å². The SMILES string of the molecule is C=CC(=O)N1CCC(N(C)c2nnc(C(N)=O)c(Nc3ccc(C(C)C)cc3)n2)C1. The molecule has 0 spiro atoms. The molecule has 0 radical (unpaired) electrons. The van der Waals surface area contributed by atoms with Crippen molar-refractivity contribution in [2.24, 2.45) is 5.73 Å². The highest BCUT2D eigenvalue weighted by Crippen LogP contribution is 2.24. The molecule has 158 valence electrons. The maximum absolute atomic E-state index is 11.8. The number of amides is 2. The Morgan fingerprint density at radius 1 is 1.30 bits per heavy atom. The third-order valence-corrected chi connectivity index (χ3v) is 5.26. The molecule has 2 aromatic rings. The van der Waals surface area contributed by atoms with Gasteiger partial charge in [0.1, 0.15) is 0 Å². The van der Waals surface area contributed by atoms with Crippen molar-refractivity contribution in [2.45, 2.75) is 32.2 Å². The molecular formula is C21H27N7O2. The lowest BCUT2D eigenvalue weighted by Gasteiger charge is -2.24. The molecule has 0 bridgehead atoms. The van der Waals surface area contributed by atoms with Crippen LogP contribution in [0.1, 0.15) is 42.2 Å². The van der Waals surface area contributed by atoms with Crippen LogP contribution >= 0.6 is 0 Å². The van der Waals surface area contributed by atoms with Gasteiger partial charge in [-0.15, -0.1) is 10.2 Å². The molecule has 3 N–H and O–H groups in total. The van der Waals surface area contributed by atoms with Gasteiger partial charge in [-0.25, -0.2) is 0 Å². The first kappa shape index (κ1) is 21.2. The average Bonchev–Trinajstić information content (AvgIpc) is 3.23. The van der Waals surface area contributed by atoms with E-state index in [1.54, 1.807) is 4.90 Å². The van der Waals surface area contributed by atoms with Crippen LogP contribution in [-0.2, 0) is 4.79 Å². The average molecular weight is 409 g/mol. The quantitative estimate of drug-likeness (QED) is 0.672. The number of primary amides is 1. The molecule has 2 amide bonds. The normalized spacial score (nSPS) is 15.9. The molecule has 1 fully saturated rings. The molecule has 1 saturated heterocycles. The summed E-state index contributed by atoms with van der Waals surface area (Å²) in [6.45, 7) is 8.96. The summed E-state index contributed by atoms with van der Waals surface area (Å²) >= 11 is 0. The smallest absolute Gasteiger partial charge is 0.273 e. The number of anilines is 3. The lowest BCUT2D eigenvalue weighted by atomic mass is 10.0. The maximum atomic E-state index is 11.8. The van der Waals surface area contributed by atoms with E-state index in [0.717, 1.165) is 12.1 Å². The highest BCUT2D eigenvalue weighted by molar-refractivity contribution is 5.96. The van der Waals surface area contributed by atoms with E-state index in [-0.39, 0.29) is 23.5 Å². The van der Waals surface area contributed by atoms with Crippen LogP contribution in [0.4, 0.5) is 17.5 Å². The van der Waals surface area contributed by atoms with Gasteiger partial charge in [0, 0.05) is 25.8 Å². The first-order chi connectivity index (χ1) is 14.3. The van der Waals surface area contributed by atoms with Crippen LogP contribution in [0, 0.1) is 0 Å². The molecule has 9 nitrogen and oxygen atoms in total. The number of nitrogens with two attached hydrogens (primary N) is 1. The monoisotopic (exact) mass is 409 g/mol. The van der Waals surface area contributed by atoms with Crippen LogP contribution in [0.5, 0.6) is 0 Å². The summed E-state index contributed by atoms with van der Waals surface area (Å²) < 4.78 is 0. The van der Waals surface area contributed by atoms with E-state index in [9.17, 15) is 9.59 Å². The number of nitrogens with zero attached hydrogens (tertiary/aromatic N) is 5. The molecule has 1 unspecified atom stereocenters. The number of carbonyl (C=O) groups is 2. The van der Waals surface area contributed by atoms with Gasteiger partial charge in [0.2, 0.25) is 11.9 Å². The Morgan fingerprint density at radius 3 is 2.60 bits per heavy atom. The molecule has 0 aliphatic carbocycles. The number of nitrogens with one attached hydrogen (secondary N) is 1. The molecule has 1 aromatic carbocycles. The predicted octanol–water partition coefficient (Wildman–Crippen LogP) is 2.06. The fourth-order valence-corrected chi connectivity index (χ4v) is 3.36. The van der Waals surface area contributed by atoms with Crippen molar-refractivity contribution < 1.29 is 9.59 Å². The topological polar surface area (TPSA) is 117 Å². The summed E-state index contributed by atoms with van der Waals surface area (Å²) in [5, 5.41) is 11.2. The lowest BCUT2D eigenvalue weighted by Crippen LogP contribution is -2.37. The van der Waals surface area contributed by atoms with E-state index < -0.39 is 5.91 Å². The molecule has 1 aromatic heterocycles. The summed E-state index contributed by atoms with van der Waals surface area (Å²) in [6.07, 6.45) is 2.09. The summed E-state index contributed by atoms with van der Waals surface area (Å²) in [7, 11) is 1.84. The summed E-state index contributed by atoms with van der Waals surface area (Å²) in [5.41, 5.74) is 7.40. The molecule has 30 heavy (non-hydrogen) atoms. The molecule has 2 heterocycles. The van der Waals surface area contributed by atoms with Crippen LogP contribution in [-0.4, -0.2) is 58.1 Å². The molecule has 0 saturated carbocycles. The minimum atomic E-state index is -0.714. The number of hydrogen-bond acceptors (Lipinski definition) is 7. The zero-order valence-corrected chi connectivity index (χ0v) is 17.5. The summed E-state index contributed by atoms with van der Waals surface area (Å²) in [6, 6.07) is 7.90. The fourth-order valence-electron chi connectivity index (χ4n) is 3.36. The minimum absolute atomic E-state index is 0.0324. The van der Waals surface area contributed by atoms with Crippen molar-refractivity contribution in [1.29, 1.82) is 0 Å². The van der Waals surface area contributed by atoms with Crippen molar-refractivity contribution in [1.82, 2.24) is 20.1 Å². The molecule has 1 atom stereocenters. The van der Waals surface area contributed by atoms with Gasteiger partial charge in [0.25, 0.3) is 5.91 Å². The Kier molecular flexibility index (Phi) is 6.29. The molecule has 1 aliphatic rings. The lowest BCUT2D eigenvalue weighted by molar-refractivity contribution is -0.125. The van der Waals surface area contributed by atoms with Gasteiger partial charge >= 0.3 is 0 Å². The van der Waals surface area contributed by atoms with Gasteiger partial charge in [-0.3, -0.25) is 9.59 Å². The van der Waals surface area contributed by atoms with Crippen molar-refractivity contribution >= 4 is 29.3 Å². The Labute approximate surface area is 176 Å². The highest BCUT2D eigenvalue weighted by atomic mass is 16.2. The summed E-state index contributed by atoms with van der Waals surface area (Å²) in [4.78, 5) is 31.8. The van der Waals surface area contributed by atoms with Crippen LogP contribution in [0.2, 0.25) is 0 Å². The standard InChI is InChI=1S/C21H27N7O2/c1-5-17(29)28-11-10-16(12-28)27(4)21-24-20(18(19(22)30)25-26-21)23-15-8-6-14(7-9-15)13(2)3/h5-9,13,16H,1,10-12H2,2-4H3,(H2,22,30)(H,23,24,26). The number of aromatic nitrogens is 3. The van der Waals surface area contributed by atoms with Crippen LogP contribution in [0.25, 0.3) is 0 Å². The van der Waals surface area contributed by atoms with E-state index in [4.69, 9.17) is 5.73 Å². The van der Waals surface area contributed by atoms with E-state index in [1.165, 1.54) is 11.6 Å². The Balaban J connectivity index is 1.83. The number of rotatable bonds is 7. The molecule has 9 heteroatoms. The second kappa shape index (κ2) is 8.89. The molecule has 3 rings (SSSR count). The highest BCUT2D eigenvalue weighted by Gasteiger charge is 2.29. The second-order valence-electron chi connectivity index (χ2n) is 7.62. The Bertz CT molecular complexity index is 943. The number of benzene rings is 1. The number of likely N-dealkylation sites (N-methyl/N-ethyl adjacent to an activating group) is 1. The summed E-state index contributed by atoms with van der Waals surface area (Å²) in [5.74, 6) is 0.198. The third kappa shape index (κ3) is 4.56. The van der Waals surface area contributed by atoms with Gasteiger partial charge in [0.05, 0.1) is 6.04 Å². The first-order valence-electron chi connectivity index (χ1n) is 9.85. The predicted molar refractivity (Wildman–Crippen MR) is 116 cm³/mol. The van der Waals surface area contributed by atoms with Gasteiger partial charge in [0.15, 0.2) is 11.5 Å².